The van der Waals surface area contributed by atoms with Crippen LogP contribution in [0.15, 0.2) is 0 Å². The van der Waals surface area contributed by atoms with E-state index in [9.17, 15) is 43.2 Å². The van der Waals surface area contributed by atoms with Gasteiger partial charge in [-0.3, -0.25) is 37.3 Å². The summed E-state index contributed by atoms with van der Waals surface area (Å²) in [5, 5.41) is 10.6. The highest BCUT2D eigenvalue weighted by Crippen LogP contribution is 2.45. The van der Waals surface area contributed by atoms with Gasteiger partial charge in [0.1, 0.15) is 19.3 Å². The summed E-state index contributed by atoms with van der Waals surface area (Å²) in [6.07, 6.45) is 48.5. The normalized spacial score (nSPS) is 14.1. The van der Waals surface area contributed by atoms with Gasteiger partial charge in [0.15, 0.2) is 12.2 Å². The molecule has 17 nitrogen and oxygen atoms in total. The van der Waals surface area contributed by atoms with Crippen molar-refractivity contribution in [2.24, 2.45) is 11.8 Å². The first-order valence-corrected chi connectivity index (χ1v) is 40.0. The van der Waals surface area contributed by atoms with Crippen LogP contribution in [0, 0.1) is 11.8 Å². The van der Waals surface area contributed by atoms with Crippen molar-refractivity contribution in [2.75, 3.05) is 39.6 Å². The molecule has 0 saturated carbocycles. The number of unbranched alkanes of at least 4 members (excludes halogenated alkanes) is 40. The molecule has 90 heavy (non-hydrogen) atoms. The Labute approximate surface area is 549 Å². The number of aliphatic hydroxyl groups is 1. The predicted molar refractivity (Wildman–Crippen MR) is 363 cm³/mol. The standard InChI is InChI=1S/C71H138O17P2/c1-7-9-11-13-15-17-29-35-41-47-53-68(73)81-59-66(87-70(75)55-49-43-37-30-18-16-14-12-10-8-2)61-85-89(77,78)83-57-65(72)58-84-90(79,80)86-62-67(60-82-69(74)54-48-42-36-32-26-28-34-40-46-52-64(5)6)88-71(76)56-50-44-38-31-25-23-21-19-20-22-24-27-33-39-45-51-63(3)4/h63-67,72H,7-62H2,1-6H3,(H,77,78)(H,79,80)/t65-,66+,67+/m0/s1. The summed E-state index contributed by atoms with van der Waals surface area (Å²) in [5.74, 6) is -0.577. The van der Waals surface area contributed by atoms with Crippen LogP contribution in [-0.4, -0.2) is 96.7 Å². The molecule has 0 aromatic carbocycles. The van der Waals surface area contributed by atoms with Crippen molar-refractivity contribution in [3.8, 4) is 0 Å². The smallest absolute Gasteiger partial charge is 0.462 e. The molecular weight excluding hydrogens is 1190 g/mol. The number of phosphoric ester groups is 2. The molecule has 0 aromatic rings. The Hall–Kier alpha value is -1.94. The van der Waals surface area contributed by atoms with Gasteiger partial charge in [-0.2, -0.15) is 0 Å². The number of esters is 4. The number of phosphoric acid groups is 2. The van der Waals surface area contributed by atoms with Crippen molar-refractivity contribution >= 4 is 39.5 Å². The maximum Gasteiger partial charge on any atom is 0.472 e. The monoisotopic (exact) mass is 1320 g/mol. The molecule has 3 N–H and O–H groups in total. The van der Waals surface area contributed by atoms with E-state index in [0.717, 1.165) is 102 Å². The Morgan fingerprint density at radius 1 is 0.300 bits per heavy atom. The lowest BCUT2D eigenvalue weighted by molar-refractivity contribution is -0.161. The van der Waals surface area contributed by atoms with E-state index in [0.29, 0.717) is 25.7 Å². The molecule has 0 radical (unpaired) electrons. The van der Waals surface area contributed by atoms with Crippen molar-refractivity contribution in [1.82, 2.24) is 0 Å². The average Bonchev–Trinajstić information content (AvgIpc) is 3.70. The molecular formula is C71H138O17P2. The van der Waals surface area contributed by atoms with E-state index in [-0.39, 0.29) is 25.7 Å². The van der Waals surface area contributed by atoms with Crippen LogP contribution in [0.2, 0.25) is 0 Å². The van der Waals surface area contributed by atoms with Crippen molar-refractivity contribution in [3.63, 3.8) is 0 Å². The number of aliphatic hydroxyl groups excluding tert-OH is 1. The molecule has 0 fully saturated rings. The number of hydrogen-bond donors (Lipinski definition) is 3. The Bertz CT molecular complexity index is 1750. The lowest BCUT2D eigenvalue weighted by Gasteiger charge is -2.21. The van der Waals surface area contributed by atoms with Crippen LogP contribution >= 0.6 is 15.6 Å². The number of rotatable bonds is 70. The van der Waals surface area contributed by atoms with E-state index < -0.39 is 97.5 Å². The molecule has 0 saturated heterocycles. The third-order valence-corrected chi connectivity index (χ3v) is 18.4. The van der Waals surface area contributed by atoms with Gasteiger partial charge in [0, 0.05) is 25.7 Å². The van der Waals surface area contributed by atoms with Gasteiger partial charge in [0.25, 0.3) is 0 Å². The van der Waals surface area contributed by atoms with E-state index in [1.54, 1.807) is 0 Å². The summed E-state index contributed by atoms with van der Waals surface area (Å²) in [5.41, 5.74) is 0. The van der Waals surface area contributed by atoms with Crippen LogP contribution in [0.3, 0.4) is 0 Å². The topological polar surface area (TPSA) is 237 Å². The molecule has 0 rings (SSSR count). The van der Waals surface area contributed by atoms with Crippen LogP contribution in [0.25, 0.3) is 0 Å². The predicted octanol–water partition coefficient (Wildman–Crippen LogP) is 20.4. The van der Waals surface area contributed by atoms with Gasteiger partial charge in [0.2, 0.25) is 0 Å². The van der Waals surface area contributed by atoms with Crippen LogP contribution in [0.1, 0.15) is 363 Å². The van der Waals surface area contributed by atoms with Crippen molar-refractivity contribution in [2.45, 2.75) is 381 Å². The summed E-state index contributed by atoms with van der Waals surface area (Å²) in [6, 6.07) is 0. The van der Waals surface area contributed by atoms with E-state index in [4.69, 9.17) is 37.0 Å². The van der Waals surface area contributed by atoms with E-state index >= 15 is 0 Å². The van der Waals surface area contributed by atoms with Crippen LogP contribution in [0.4, 0.5) is 0 Å². The first-order valence-electron chi connectivity index (χ1n) is 37.0. The highest BCUT2D eigenvalue weighted by molar-refractivity contribution is 7.47. The Morgan fingerprint density at radius 3 is 0.756 bits per heavy atom. The molecule has 0 aromatic heterocycles. The second-order valence-corrected chi connectivity index (χ2v) is 29.5. The summed E-state index contributed by atoms with van der Waals surface area (Å²) in [6.45, 7) is 9.55. The summed E-state index contributed by atoms with van der Waals surface area (Å²) < 4.78 is 68.3. The molecule has 0 aliphatic rings. The summed E-state index contributed by atoms with van der Waals surface area (Å²) in [4.78, 5) is 72.5. The number of hydrogen-bond acceptors (Lipinski definition) is 15. The molecule has 0 aliphatic heterocycles. The van der Waals surface area contributed by atoms with Gasteiger partial charge < -0.3 is 33.8 Å². The van der Waals surface area contributed by atoms with Gasteiger partial charge in [-0.1, -0.05) is 311 Å². The van der Waals surface area contributed by atoms with Crippen LogP contribution in [0.5, 0.6) is 0 Å². The maximum absolute atomic E-state index is 13.0. The average molecular weight is 1330 g/mol. The van der Waals surface area contributed by atoms with Crippen molar-refractivity contribution in [3.05, 3.63) is 0 Å². The molecule has 19 heteroatoms. The Balaban J connectivity index is 5.21. The minimum atomic E-state index is -4.95. The third kappa shape index (κ3) is 64.8. The van der Waals surface area contributed by atoms with E-state index in [1.807, 2.05) is 0 Å². The largest absolute Gasteiger partial charge is 0.472 e. The lowest BCUT2D eigenvalue weighted by atomic mass is 10.0. The quantitative estimate of drug-likeness (QED) is 0.0222. The van der Waals surface area contributed by atoms with Gasteiger partial charge in [-0.25, -0.2) is 9.13 Å². The zero-order chi connectivity index (χ0) is 66.5. The Kier molecular flexibility index (Phi) is 61.8. The molecule has 0 amide bonds. The van der Waals surface area contributed by atoms with Crippen LogP contribution in [-0.2, 0) is 65.4 Å². The molecule has 0 spiro atoms. The second-order valence-electron chi connectivity index (χ2n) is 26.6. The number of carbonyl (C=O) groups is 4. The van der Waals surface area contributed by atoms with Gasteiger partial charge >= 0.3 is 39.5 Å². The van der Waals surface area contributed by atoms with Gasteiger partial charge in [0.05, 0.1) is 26.4 Å². The zero-order valence-electron chi connectivity index (χ0n) is 58.4. The molecule has 2 unspecified atom stereocenters. The Morgan fingerprint density at radius 2 is 0.511 bits per heavy atom. The fourth-order valence-corrected chi connectivity index (χ4v) is 12.3. The minimum Gasteiger partial charge on any atom is -0.462 e. The minimum absolute atomic E-state index is 0.106. The fourth-order valence-electron chi connectivity index (χ4n) is 10.8. The second kappa shape index (κ2) is 63.1. The van der Waals surface area contributed by atoms with E-state index in [1.165, 1.54) is 180 Å². The highest BCUT2D eigenvalue weighted by Gasteiger charge is 2.30. The fraction of sp³-hybridized carbons (Fsp3) is 0.944. The zero-order valence-corrected chi connectivity index (χ0v) is 60.2. The van der Waals surface area contributed by atoms with Gasteiger partial charge in [-0.15, -0.1) is 0 Å². The number of ether oxygens (including phenoxy) is 4. The first-order chi connectivity index (χ1) is 43.4. The molecule has 534 valence electrons. The van der Waals surface area contributed by atoms with Crippen molar-refractivity contribution in [1.29, 1.82) is 0 Å². The molecule has 5 atom stereocenters. The first kappa shape index (κ1) is 88.1. The lowest BCUT2D eigenvalue weighted by Crippen LogP contribution is -2.30. The molecule has 0 heterocycles. The molecule has 0 aliphatic carbocycles. The van der Waals surface area contributed by atoms with Crippen LogP contribution < -0.4 is 0 Å². The van der Waals surface area contributed by atoms with Gasteiger partial charge in [-0.05, 0) is 37.5 Å². The summed E-state index contributed by atoms with van der Waals surface area (Å²) >= 11 is 0. The third-order valence-electron chi connectivity index (χ3n) is 16.5. The van der Waals surface area contributed by atoms with Crippen molar-refractivity contribution < 1.29 is 80.2 Å². The maximum atomic E-state index is 13.0. The van der Waals surface area contributed by atoms with E-state index in [2.05, 4.69) is 41.5 Å². The molecule has 0 bridgehead atoms. The SMILES string of the molecule is CCCCCCCCCCCCC(=O)OC[C@H](COP(=O)(O)OC[C@H](O)COP(=O)(O)OC[C@@H](COC(=O)CCCCCCCCCCCC(C)C)OC(=O)CCCCCCCCCCCCCCCCCC(C)C)OC(=O)CCCCCCCCCCCC. The number of carbonyl (C=O) groups excluding carboxylic acids is 4. The highest BCUT2D eigenvalue weighted by atomic mass is 31.2. The summed E-state index contributed by atoms with van der Waals surface area (Å²) in [7, 11) is -9.90.